The molecule has 0 amide bonds. The molecule has 2 aromatic carbocycles. The summed E-state index contributed by atoms with van der Waals surface area (Å²) in [7, 11) is 0.460. The third kappa shape index (κ3) is 2.92. The molecular weight excluding hydrogens is 345 g/mol. The molecule has 0 saturated carbocycles. The van der Waals surface area contributed by atoms with Crippen LogP contribution in [0.15, 0.2) is 18.2 Å². The number of hydrogen-bond donors (Lipinski definition) is 1. The molecular formula is C18H21BF2O5. The van der Waals surface area contributed by atoms with Gasteiger partial charge in [0.1, 0.15) is 11.5 Å². The molecule has 0 atom stereocenters. The SMILES string of the molecule is COCOc1cc(O)c(B2OC(C)(C)C(C)(C)O2)c2ccc(F)c(F)c12. The predicted octanol–water partition coefficient (Wildman–Crippen LogP) is 3.11. The van der Waals surface area contributed by atoms with Gasteiger partial charge in [-0.15, -0.1) is 0 Å². The molecule has 1 N–H and O–H groups in total. The smallest absolute Gasteiger partial charge is 0.499 e. The molecule has 1 aliphatic rings. The standard InChI is InChI=1S/C18H21BF2O5/c1-17(2)18(3,4)26-19(25-17)15-10-6-7-11(20)16(21)14(10)13(8-12(15)22)24-9-23-5/h6-8,22H,9H2,1-5H3. The summed E-state index contributed by atoms with van der Waals surface area (Å²) in [5.41, 5.74) is -1.08. The maximum absolute atomic E-state index is 14.5. The van der Waals surface area contributed by atoms with Crippen molar-refractivity contribution in [3.63, 3.8) is 0 Å². The first-order valence-corrected chi connectivity index (χ1v) is 8.20. The van der Waals surface area contributed by atoms with Gasteiger partial charge in [-0.25, -0.2) is 8.78 Å². The Morgan fingerprint density at radius 1 is 1.12 bits per heavy atom. The minimum Gasteiger partial charge on any atom is -0.508 e. The van der Waals surface area contributed by atoms with E-state index in [-0.39, 0.29) is 34.5 Å². The third-order valence-electron chi connectivity index (χ3n) is 5.00. The van der Waals surface area contributed by atoms with Crippen molar-refractivity contribution in [2.24, 2.45) is 0 Å². The zero-order chi connectivity index (χ0) is 19.3. The van der Waals surface area contributed by atoms with Crippen molar-refractivity contribution >= 4 is 23.4 Å². The van der Waals surface area contributed by atoms with Gasteiger partial charge in [0.05, 0.1) is 16.6 Å². The van der Waals surface area contributed by atoms with Crippen molar-refractivity contribution < 1.29 is 32.7 Å². The van der Waals surface area contributed by atoms with E-state index in [2.05, 4.69) is 0 Å². The molecule has 0 radical (unpaired) electrons. The van der Waals surface area contributed by atoms with Crippen LogP contribution in [0.3, 0.4) is 0 Å². The number of ether oxygens (including phenoxy) is 2. The highest BCUT2D eigenvalue weighted by molar-refractivity contribution is 6.66. The van der Waals surface area contributed by atoms with E-state index in [1.165, 1.54) is 19.2 Å². The first-order chi connectivity index (χ1) is 12.1. The lowest BCUT2D eigenvalue weighted by molar-refractivity contribution is 0.00578. The van der Waals surface area contributed by atoms with E-state index in [1.54, 1.807) is 0 Å². The van der Waals surface area contributed by atoms with Crippen molar-refractivity contribution in [2.75, 3.05) is 13.9 Å². The molecule has 2 aromatic rings. The van der Waals surface area contributed by atoms with E-state index in [0.717, 1.165) is 6.07 Å². The van der Waals surface area contributed by atoms with Gasteiger partial charge < -0.3 is 23.9 Å². The lowest BCUT2D eigenvalue weighted by Crippen LogP contribution is -2.41. The number of phenols is 1. The number of methoxy groups -OCH3 is 1. The maximum Gasteiger partial charge on any atom is 0.499 e. The van der Waals surface area contributed by atoms with Gasteiger partial charge >= 0.3 is 7.12 Å². The Hall–Kier alpha value is -1.90. The number of halogens is 2. The Balaban J connectivity index is 2.22. The predicted molar refractivity (Wildman–Crippen MR) is 93.7 cm³/mol. The van der Waals surface area contributed by atoms with Gasteiger partial charge in [-0.2, -0.15) is 0 Å². The van der Waals surface area contributed by atoms with Crippen molar-refractivity contribution in [3.05, 3.63) is 29.8 Å². The summed E-state index contributed by atoms with van der Waals surface area (Å²) in [6.45, 7) is 7.27. The van der Waals surface area contributed by atoms with Crippen LogP contribution in [-0.4, -0.2) is 37.3 Å². The molecule has 0 aliphatic carbocycles. The highest BCUT2D eigenvalue weighted by atomic mass is 19.2. The van der Waals surface area contributed by atoms with E-state index >= 15 is 0 Å². The zero-order valence-corrected chi connectivity index (χ0v) is 15.4. The summed E-state index contributed by atoms with van der Waals surface area (Å²) in [6.07, 6.45) is 0. The second-order valence-electron chi connectivity index (χ2n) is 7.23. The maximum atomic E-state index is 14.5. The van der Waals surface area contributed by atoms with E-state index in [0.29, 0.717) is 0 Å². The molecule has 0 bridgehead atoms. The molecule has 1 saturated heterocycles. The van der Waals surface area contributed by atoms with Crippen LogP contribution in [0.4, 0.5) is 8.78 Å². The van der Waals surface area contributed by atoms with Gasteiger partial charge in [0.25, 0.3) is 0 Å². The van der Waals surface area contributed by atoms with Gasteiger partial charge in [-0.1, -0.05) is 6.07 Å². The van der Waals surface area contributed by atoms with Crippen LogP contribution in [0, 0.1) is 11.6 Å². The summed E-state index contributed by atoms with van der Waals surface area (Å²) in [4.78, 5) is 0. The summed E-state index contributed by atoms with van der Waals surface area (Å²) in [6, 6.07) is 3.57. The minimum atomic E-state index is -1.08. The normalized spacial score (nSPS) is 18.5. The molecule has 1 fully saturated rings. The van der Waals surface area contributed by atoms with E-state index in [4.69, 9.17) is 18.8 Å². The average molecular weight is 366 g/mol. The van der Waals surface area contributed by atoms with Crippen molar-refractivity contribution in [1.82, 2.24) is 0 Å². The number of benzene rings is 2. The van der Waals surface area contributed by atoms with Crippen LogP contribution in [0.25, 0.3) is 10.8 Å². The summed E-state index contributed by atoms with van der Waals surface area (Å²) in [5.74, 6) is -2.33. The summed E-state index contributed by atoms with van der Waals surface area (Å²) < 4.78 is 50.4. The Labute approximate surface area is 150 Å². The second kappa shape index (κ2) is 6.37. The number of hydrogen-bond acceptors (Lipinski definition) is 5. The number of rotatable bonds is 4. The Morgan fingerprint density at radius 2 is 1.73 bits per heavy atom. The molecule has 1 aliphatic heterocycles. The van der Waals surface area contributed by atoms with Gasteiger partial charge in [-0.05, 0) is 39.1 Å². The molecule has 0 unspecified atom stereocenters. The third-order valence-corrected chi connectivity index (χ3v) is 5.00. The molecule has 0 aromatic heterocycles. The molecule has 26 heavy (non-hydrogen) atoms. The first kappa shape index (κ1) is 18.9. The summed E-state index contributed by atoms with van der Waals surface area (Å²) in [5, 5.41) is 10.7. The zero-order valence-electron chi connectivity index (χ0n) is 15.4. The fraction of sp³-hybridized carbons (Fsp3) is 0.444. The number of fused-ring (bicyclic) bond motifs is 1. The highest BCUT2D eigenvalue weighted by Crippen LogP contribution is 2.40. The Bertz CT molecular complexity index is 837. The van der Waals surface area contributed by atoms with E-state index in [9.17, 15) is 13.9 Å². The van der Waals surface area contributed by atoms with Gasteiger partial charge in [0.2, 0.25) is 0 Å². The Morgan fingerprint density at radius 3 is 2.31 bits per heavy atom. The fourth-order valence-corrected chi connectivity index (χ4v) is 2.87. The monoisotopic (exact) mass is 366 g/mol. The van der Waals surface area contributed by atoms with Crippen LogP contribution in [-0.2, 0) is 14.0 Å². The molecule has 140 valence electrons. The quantitative estimate of drug-likeness (QED) is 0.666. The topological polar surface area (TPSA) is 57.2 Å². The van der Waals surface area contributed by atoms with Crippen LogP contribution in [0.2, 0.25) is 0 Å². The summed E-state index contributed by atoms with van der Waals surface area (Å²) >= 11 is 0. The molecule has 1 heterocycles. The fourth-order valence-electron chi connectivity index (χ4n) is 2.87. The molecule has 0 spiro atoms. The average Bonchev–Trinajstić information content (AvgIpc) is 2.75. The molecule has 8 heteroatoms. The van der Waals surface area contributed by atoms with Crippen LogP contribution >= 0.6 is 0 Å². The first-order valence-electron chi connectivity index (χ1n) is 8.20. The Kier molecular flexibility index (Phi) is 4.63. The number of aromatic hydroxyl groups is 1. The minimum absolute atomic E-state index is 0.0309. The lowest BCUT2D eigenvalue weighted by atomic mass is 9.75. The van der Waals surface area contributed by atoms with Crippen molar-refractivity contribution in [1.29, 1.82) is 0 Å². The van der Waals surface area contributed by atoms with Crippen LogP contribution in [0.5, 0.6) is 11.5 Å². The lowest BCUT2D eigenvalue weighted by Gasteiger charge is -2.32. The van der Waals surface area contributed by atoms with Crippen LogP contribution < -0.4 is 10.2 Å². The highest BCUT2D eigenvalue weighted by Gasteiger charge is 2.53. The largest absolute Gasteiger partial charge is 0.508 e. The van der Waals surface area contributed by atoms with Crippen LogP contribution in [0.1, 0.15) is 27.7 Å². The van der Waals surface area contributed by atoms with Crippen molar-refractivity contribution in [3.8, 4) is 11.5 Å². The van der Waals surface area contributed by atoms with Crippen molar-refractivity contribution in [2.45, 2.75) is 38.9 Å². The number of phenolic OH excluding ortho intramolecular Hbond substituents is 1. The van der Waals surface area contributed by atoms with Gasteiger partial charge in [-0.3, -0.25) is 0 Å². The molecule has 3 rings (SSSR count). The van der Waals surface area contributed by atoms with E-state index in [1.807, 2.05) is 27.7 Å². The van der Waals surface area contributed by atoms with Gasteiger partial charge in [0, 0.05) is 18.6 Å². The van der Waals surface area contributed by atoms with Gasteiger partial charge in [0.15, 0.2) is 18.4 Å². The second-order valence-corrected chi connectivity index (χ2v) is 7.23. The van der Waals surface area contributed by atoms with E-state index < -0.39 is 30.0 Å². The molecule has 5 nitrogen and oxygen atoms in total.